The molecule has 3 rings (SSSR count). The Morgan fingerprint density at radius 2 is 1.17 bits per heavy atom. The fraction of sp³-hybridized carbons (Fsp3) is 0.267. The Kier molecular flexibility index (Phi) is 3.24. The van der Waals surface area contributed by atoms with Crippen molar-refractivity contribution in [1.29, 1.82) is 0 Å². The van der Waals surface area contributed by atoms with Crippen LogP contribution in [0, 0.1) is 0 Å². The second-order valence-corrected chi connectivity index (χ2v) is 5.28. The van der Waals surface area contributed by atoms with Crippen LogP contribution in [0.3, 0.4) is 0 Å². The van der Waals surface area contributed by atoms with Gasteiger partial charge in [-0.3, -0.25) is 4.98 Å². The Balaban J connectivity index is 2.30. The standard InChI is InChI=1S/C15H7F8N/c16-12(17)9-6-11(8-4-2-1-3-5-8)24-7-10(9)13(18,19)15(22,23)14(12,20)21/h1-7H. The first-order chi connectivity index (χ1) is 10.9. The summed E-state index contributed by atoms with van der Waals surface area (Å²) >= 11 is 0. The maximum absolute atomic E-state index is 13.9. The zero-order valence-corrected chi connectivity index (χ0v) is 11.5. The number of benzene rings is 1. The summed E-state index contributed by atoms with van der Waals surface area (Å²) in [5.74, 6) is -23.5. The van der Waals surface area contributed by atoms with E-state index in [-0.39, 0.29) is 17.5 Å². The predicted octanol–water partition coefficient (Wildman–Crippen LogP) is 5.22. The number of aromatic nitrogens is 1. The number of alkyl halides is 8. The van der Waals surface area contributed by atoms with Crippen molar-refractivity contribution in [3.05, 3.63) is 53.7 Å². The molecule has 1 aromatic carbocycles. The number of fused-ring (bicyclic) bond motifs is 1. The molecule has 0 unspecified atom stereocenters. The molecule has 0 amide bonds. The van der Waals surface area contributed by atoms with Crippen LogP contribution in [0.2, 0.25) is 0 Å². The zero-order chi connectivity index (χ0) is 18.0. The summed E-state index contributed by atoms with van der Waals surface area (Å²) in [4.78, 5) is 3.45. The van der Waals surface area contributed by atoms with E-state index < -0.39 is 34.8 Å². The van der Waals surface area contributed by atoms with Crippen LogP contribution >= 0.6 is 0 Å². The fourth-order valence-electron chi connectivity index (χ4n) is 2.46. The molecule has 2 aromatic rings. The SMILES string of the molecule is FC1(F)c2cnc(-c3ccccc3)cc2C(F)(F)C(F)(F)C1(F)F. The Hall–Kier alpha value is -2.19. The average Bonchev–Trinajstić information content (AvgIpc) is 2.53. The minimum atomic E-state index is -6.26. The summed E-state index contributed by atoms with van der Waals surface area (Å²) in [6, 6.07) is 7.57. The minimum absolute atomic E-state index is 0.0920. The highest BCUT2D eigenvalue weighted by Gasteiger charge is 2.85. The largest absolute Gasteiger partial charge is 0.383 e. The first kappa shape index (κ1) is 16.7. The quantitative estimate of drug-likeness (QED) is 0.641. The van der Waals surface area contributed by atoms with Crippen molar-refractivity contribution in [1.82, 2.24) is 4.98 Å². The van der Waals surface area contributed by atoms with E-state index >= 15 is 0 Å². The first-order valence-corrected chi connectivity index (χ1v) is 6.52. The molecule has 128 valence electrons. The van der Waals surface area contributed by atoms with E-state index in [1.807, 2.05) is 0 Å². The molecular weight excluding hydrogens is 346 g/mol. The molecule has 1 nitrogen and oxygen atoms in total. The summed E-state index contributed by atoms with van der Waals surface area (Å²) in [7, 11) is 0. The van der Waals surface area contributed by atoms with Gasteiger partial charge in [0.25, 0.3) is 0 Å². The predicted molar refractivity (Wildman–Crippen MR) is 67.4 cm³/mol. The highest BCUT2D eigenvalue weighted by atomic mass is 19.4. The Morgan fingerprint density at radius 3 is 1.71 bits per heavy atom. The van der Waals surface area contributed by atoms with Gasteiger partial charge in [0.15, 0.2) is 0 Å². The smallest absolute Gasteiger partial charge is 0.256 e. The lowest BCUT2D eigenvalue weighted by molar-refractivity contribution is -0.386. The molecule has 1 heterocycles. The molecule has 24 heavy (non-hydrogen) atoms. The zero-order valence-electron chi connectivity index (χ0n) is 11.5. The summed E-state index contributed by atoms with van der Waals surface area (Å²) in [5, 5.41) is 0. The van der Waals surface area contributed by atoms with Crippen molar-refractivity contribution in [2.75, 3.05) is 0 Å². The van der Waals surface area contributed by atoms with Gasteiger partial charge < -0.3 is 0 Å². The maximum Gasteiger partial charge on any atom is 0.383 e. The molecule has 1 aliphatic rings. The van der Waals surface area contributed by atoms with Crippen molar-refractivity contribution in [2.24, 2.45) is 0 Å². The number of pyridine rings is 1. The van der Waals surface area contributed by atoms with Crippen LogP contribution in [0.5, 0.6) is 0 Å². The molecule has 0 saturated carbocycles. The summed E-state index contributed by atoms with van der Waals surface area (Å²) in [5.41, 5.74) is -3.91. The lowest BCUT2D eigenvalue weighted by Gasteiger charge is -2.42. The van der Waals surface area contributed by atoms with E-state index in [2.05, 4.69) is 4.98 Å². The van der Waals surface area contributed by atoms with Gasteiger partial charge in [-0.15, -0.1) is 0 Å². The monoisotopic (exact) mass is 353 g/mol. The summed E-state index contributed by atoms with van der Waals surface area (Å²) in [6.45, 7) is 0. The molecule has 1 aliphatic carbocycles. The lowest BCUT2D eigenvalue weighted by Crippen LogP contribution is -2.63. The Bertz CT molecular complexity index is 785. The second kappa shape index (κ2) is 4.67. The van der Waals surface area contributed by atoms with Gasteiger partial charge in [-0.05, 0) is 6.07 Å². The van der Waals surface area contributed by atoms with Crippen molar-refractivity contribution < 1.29 is 35.1 Å². The van der Waals surface area contributed by atoms with Crippen molar-refractivity contribution in [3.63, 3.8) is 0 Å². The molecule has 0 saturated heterocycles. The van der Waals surface area contributed by atoms with Crippen LogP contribution in [-0.4, -0.2) is 16.8 Å². The topological polar surface area (TPSA) is 12.9 Å². The van der Waals surface area contributed by atoms with Gasteiger partial charge in [-0.2, -0.15) is 35.1 Å². The third kappa shape index (κ3) is 1.83. The van der Waals surface area contributed by atoms with Crippen LogP contribution in [0.1, 0.15) is 11.1 Å². The third-order valence-corrected chi connectivity index (χ3v) is 3.83. The van der Waals surface area contributed by atoms with Gasteiger partial charge in [0.05, 0.1) is 11.3 Å². The van der Waals surface area contributed by atoms with Gasteiger partial charge in [0.1, 0.15) is 0 Å². The average molecular weight is 353 g/mol. The van der Waals surface area contributed by atoms with E-state index in [0.29, 0.717) is 6.07 Å². The van der Waals surface area contributed by atoms with Crippen LogP contribution in [0.15, 0.2) is 42.6 Å². The van der Waals surface area contributed by atoms with E-state index in [1.54, 1.807) is 6.07 Å². The summed E-state index contributed by atoms with van der Waals surface area (Å²) in [6.07, 6.45) is 0.0920. The number of hydrogen-bond acceptors (Lipinski definition) is 1. The van der Waals surface area contributed by atoms with Gasteiger partial charge >= 0.3 is 23.7 Å². The van der Waals surface area contributed by atoms with Gasteiger partial charge in [-0.25, -0.2) is 0 Å². The van der Waals surface area contributed by atoms with Gasteiger partial charge in [0.2, 0.25) is 0 Å². The highest BCUT2D eigenvalue weighted by molar-refractivity contribution is 5.61. The Labute approximate surface area is 129 Å². The molecule has 0 radical (unpaired) electrons. The number of rotatable bonds is 1. The Morgan fingerprint density at radius 1 is 0.667 bits per heavy atom. The van der Waals surface area contributed by atoms with Crippen LogP contribution in [0.25, 0.3) is 11.3 Å². The second-order valence-electron chi connectivity index (χ2n) is 5.28. The van der Waals surface area contributed by atoms with E-state index in [1.165, 1.54) is 24.3 Å². The van der Waals surface area contributed by atoms with Crippen LogP contribution in [-0.2, 0) is 11.8 Å². The fourth-order valence-corrected chi connectivity index (χ4v) is 2.46. The number of halogens is 8. The highest BCUT2D eigenvalue weighted by Crippen LogP contribution is 2.64. The van der Waals surface area contributed by atoms with Crippen molar-refractivity contribution in [3.8, 4) is 11.3 Å². The van der Waals surface area contributed by atoms with Crippen molar-refractivity contribution >= 4 is 0 Å². The third-order valence-electron chi connectivity index (χ3n) is 3.83. The molecule has 9 heteroatoms. The van der Waals surface area contributed by atoms with Gasteiger partial charge in [-0.1, -0.05) is 30.3 Å². The normalized spacial score (nSPS) is 22.7. The maximum atomic E-state index is 13.9. The van der Waals surface area contributed by atoms with Crippen LogP contribution in [0.4, 0.5) is 35.1 Å². The molecule has 1 aromatic heterocycles. The van der Waals surface area contributed by atoms with Crippen LogP contribution < -0.4 is 0 Å². The van der Waals surface area contributed by atoms with E-state index in [0.717, 1.165) is 0 Å². The molecule has 0 fully saturated rings. The minimum Gasteiger partial charge on any atom is -0.256 e. The molecule has 0 atom stereocenters. The van der Waals surface area contributed by atoms with E-state index in [9.17, 15) is 35.1 Å². The first-order valence-electron chi connectivity index (χ1n) is 6.52. The van der Waals surface area contributed by atoms with E-state index in [4.69, 9.17) is 0 Å². The molecule has 0 aliphatic heterocycles. The molecule has 0 N–H and O–H groups in total. The van der Waals surface area contributed by atoms with Crippen molar-refractivity contribution in [2.45, 2.75) is 23.7 Å². The van der Waals surface area contributed by atoms with Gasteiger partial charge in [0, 0.05) is 17.3 Å². The molecule has 0 spiro atoms. The number of hydrogen-bond donors (Lipinski definition) is 0. The summed E-state index contributed by atoms with van der Waals surface area (Å²) < 4.78 is 109. The molecular formula is C15H7F8N. The lowest BCUT2D eigenvalue weighted by atomic mass is 9.80. The molecule has 0 bridgehead atoms. The number of nitrogens with zero attached hydrogens (tertiary/aromatic N) is 1.